The third kappa shape index (κ3) is 1.62. The first kappa shape index (κ1) is 10.1. The zero-order chi connectivity index (χ0) is 11.8. The molecule has 0 aliphatic heterocycles. The monoisotopic (exact) mass is 223 g/mol. The number of nitrogen functional groups attached to an aromatic ring is 1. The van der Waals surface area contributed by atoms with Crippen LogP contribution in [0.15, 0.2) is 42.5 Å². The maximum atomic E-state index is 12.4. The summed E-state index contributed by atoms with van der Waals surface area (Å²) in [5, 5.41) is 0. The minimum Gasteiger partial charge on any atom is -0.399 e. The Bertz CT molecular complexity index is 602. The second-order valence-electron chi connectivity index (χ2n) is 4.40. The smallest absolute Gasteiger partial charge is 0.193 e. The second kappa shape index (κ2) is 3.74. The van der Waals surface area contributed by atoms with Crippen molar-refractivity contribution in [1.82, 2.24) is 0 Å². The van der Waals surface area contributed by atoms with Crippen molar-refractivity contribution in [3.05, 3.63) is 64.7 Å². The van der Waals surface area contributed by atoms with Crippen LogP contribution in [0.3, 0.4) is 0 Å². The Kier molecular flexibility index (Phi) is 2.22. The molecule has 1 aliphatic carbocycles. The van der Waals surface area contributed by atoms with E-state index < -0.39 is 0 Å². The molecule has 0 aromatic heterocycles. The van der Waals surface area contributed by atoms with Crippen molar-refractivity contribution in [2.24, 2.45) is 0 Å². The highest BCUT2D eigenvalue weighted by molar-refractivity contribution is 6.11. The average molecular weight is 223 g/mol. The van der Waals surface area contributed by atoms with Gasteiger partial charge in [-0.05, 0) is 36.1 Å². The van der Waals surface area contributed by atoms with Crippen LogP contribution in [0.1, 0.15) is 27.0 Å². The van der Waals surface area contributed by atoms with Gasteiger partial charge in [-0.15, -0.1) is 0 Å². The van der Waals surface area contributed by atoms with Crippen LogP contribution in [0.25, 0.3) is 0 Å². The molecule has 0 spiro atoms. The number of aryl methyl sites for hydroxylation is 2. The van der Waals surface area contributed by atoms with Gasteiger partial charge < -0.3 is 5.73 Å². The van der Waals surface area contributed by atoms with E-state index in [-0.39, 0.29) is 5.78 Å². The van der Waals surface area contributed by atoms with Crippen molar-refractivity contribution < 1.29 is 4.79 Å². The van der Waals surface area contributed by atoms with Crippen LogP contribution in [0.2, 0.25) is 0 Å². The maximum absolute atomic E-state index is 12.4. The number of carbonyl (C=O) groups excluding carboxylic acids is 1. The molecule has 2 aromatic rings. The third-order valence-electron chi connectivity index (χ3n) is 3.30. The fourth-order valence-corrected chi connectivity index (χ4v) is 2.40. The van der Waals surface area contributed by atoms with Crippen LogP contribution in [0.5, 0.6) is 0 Å². The molecule has 0 amide bonds. The maximum Gasteiger partial charge on any atom is 0.193 e. The number of carbonyl (C=O) groups is 1. The topological polar surface area (TPSA) is 43.1 Å². The van der Waals surface area contributed by atoms with Gasteiger partial charge in [-0.3, -0.25) is 4.79 Å². The van der Waals surface area contributed by atoms with E-state index in [1.807, 2.05) is 36.4 Å². The highest BCUT2D eigenvalue weighted by atomic mass is 16.1. The summed E-state index contributed by atoms with van der Waals surface area (Å²) in [7, 11) is 0. The Hall–Kier alpha value is -2.09. The highest BCUT2D eigenvalue weighted by Gasteiger charge is 2.20. The zero-order valence-electron chi connectivity index (χ0n) is 9.44. The van der Waals surface area contributed by atoms with Crippen LogP contribution >= 0.6 is 0 Å². The molecule has 2 heteroatoms. The van der Waals surface area contributed by atoms with E-state index in [0.29, 0.717) is 5.69 Å². The normalized spacial score (nSPS) is 13.8. The number of hydrogen-bond acceptors (Lipinski definition) is 2. The van der Waals surface area contributed by atoms with Crippen molar-refractivity contribution in [3.63, 3.8) is 0 Å². The third-order valence-corrected chi connectivity index (χ3v) is 3.30. The summed E-state index contributed by atoms with van der Waals surface area (Å²) in [5.74, 6) is 0.0976. The Morgan fingerprint density at radius 2 is 1.59 bits per heavy atom. The number of hydrogen-bond donors (Lipinski definition) is 1. The van der Waals surface area contributed by atoms with Gasteiger partial charge in [0.25, 0.3) is 0 Å². The molecule has 1 aliphatic rings. The number of anilines is 1. The molecular formula is C15H13NO. The first-order valence-electron chi connectivity index (χ1n) is 5.77. The first-order chi connectivity index (χ1) is 8.25. The van der Waals surface area contributed by atoms with E-state index in [0.717, 1.165) is 35.1 Å². The summed E-state index contributed by atoms with van der Waals surface area (Å²) >= 11 is 0. The van der Waals surface area contributed by atoms with Gasteiger partial charge in [0.05, 0.1) is 0 Å². The molecule has 2 aromatic carbocycles. The molecule has 2 nitrogen and oxygen atoms in total. The molecule has 84 valence electrons. The predicted octanol–water partition coefficient (Wildman–Crippen LogP) is 2.60. The van der Waals surface area contributed by atoms with Crippen molar-refractivity contribution in [3.8, 4) is 0 Å². The Labute approximate surface area is 100 Å². The van der Waals surface area contributed by atoms with E-state index in [1.165, 1.54) is 0 Å². The first-order valence-corrected chi connectivity index (χ1v) is 5.77. The average Bonchev–Trinajstić information content (AvgIpc) is 2.49. The molecule has 0 fully saturated rings. The van der Waals surface area contributed by atoms with Crippen molar-refractivity contribution in [1.29, 1.82) is 0 Å². The largest absolute Gasteiger partial charge is 0.399 e. The van der Waals surface area contributed by atoms with Gasteiger partial charge in [-0.25, -0.2) is 0 Å². The Morgan fingerprint density at radius 3 is 2.41 bits per heavy atom. The molecule has 0 atom stereocenters. The summed E-state index contributed by atoms with van der Waals surface area (Å²) in [6.45, 7) is 0. The molecule has 0 saturated carbocycles. The van der Waals surface area contributed by atoms with E-state index in [1.54, 1.807) is 6.07 Å². The molecule has 0 radical (unpaired) electrons. The van der Waals surface area contributed by atoms with Crippen LogP contribution < -0.4 is 5.73 Å². The van der Waals surface area contributed by atoms with Crippen molar-refractivity contribution in [2.75, 3.05) is 5.73 Å². The SMILES string of the molecule is Nc1ccc2c(c1)C(=O)c1ccccc1CC2. The highest BCUT2D eigenvalue weighted by Crippen LogP contribution is 2.25. The minimum atomic E-state index is 0.0976. The second-order valence-corrected chi connectivity index (χ2v) is 4.40. The molecule has 2 N–H and O–H groups in total. The molecule has 0 saturated heterocycles. The Morgan fingerprint density at radius 1 is 0.882 bits per heavy atom. The van der Waals surface area contributed by atoms with Gasteiger partial charge in [0.15, 0.2) is 5.78 Å². The predicted molar refractivity (Wildman–Crippen MR) is 68.1 cm³/mol. The lowest BCUT2D eigenvalue weighted by Gasteiger charge is -2.05. The van der Waals surface area contributed by atoms with Gasteiger partial charge in [-0.1, -0.05) is 30.3 Å². The molecule has 17 heavy (non-hydrogen) atoms. The number of rotatable bonds is 0. The molecule has 0 heterocycles. The summed E-state index contributed by atoms with van der Waals surface area (Å²) in [6.07, 6.45) is 1.82. The van der Waals surface area contributed by atoms with Gasteiger partial charge >= 0.3 is 0 Å². The van der Waals surface area contributed by atoms with Crippen molar-refractivity contribution in [2.45, 2.75) is 12.8 Å². The van der Waals surface area contributed by atoms with Crippen LogP contribution in [-0.2, 0) is 12.8 Å². The molecule has 0 unspecified atom stereocenters. The number of fused-ring (bicyclic) bond motifs is 2. The Balaban J connectivity index is 2.22. The zero-order valence-corrected chi connectivity index (χ0v) is 9.44. The summed E-state index contributed by atoms with van der Waals surface area (Å²) in [6, 6.07) is 13.4. The standard InChI is InChI=1S/C15H13NO/c16-12-8-7-11-6-5-10-3-1-2-4-13(10)15(17)14(11)9-12/h1-4,7-9H,5-6,16H2. The lowest BCUT2D eigenvalue weighted by molar-refractivity contribution is 0.103. The van der Waals surface area contributed by atoms with E-state index in [9.17, 15) is 4.79 Å². The van der Waals surface area contributed by atoms with Crippen LogP contribution in [0, 0.1) is 0 Å². The lowest BCUT2D eigenvalue weighted by Crippen LogP contribution is -2.04. The minimum absolute atomic E-state index is 0.0976. The van der Waals surface area contributed by atoms with Crippen molar-refractivity contribution >= 4 is 11.5 Å². The fourth-order valence-electron chi connectivity index (χ4n) is 2.40. The molecule has 0 bridgehead atoms. The van der Waals surface area contributed by atoms with Crippen LogP contribution in [0.4, 0.5) is 5.69 Å². The number of ketones is 1. The summed E-state index contributed by atoms with van der Waals surface area (Å²) in [4.78, 5) is 12.4. The van der Waals surface area contributed by atoms with E-state index in [4.69, 9.17) is 5.73 Å². The van der Waals surface area contributed by atoms with Crippen LogP contribution in [-0.4, -0.2) is 5.78 Å². The van der Waals surface area contributed by atoms with Gasteiger partial charge in [0.2, 0.25) is 0 Å². The van der Waals surface area contributed by atoms with Gasteiger partial charge in [0.1, 0.15) is 0 Å². The van der Waals surface area contributed by atoms with Gasteiger partial charge in [0, 0.05) is 16.8 Å². The molecular weight excluding hydrogens is 210 g/mol. The van der Waals surface area contributed by atoms with E-state index >= 15 is 0 Å². The summed E-state index contributed by atoms with van der Waals surface area (Å²) < 4.78 is 0. The summed E-state index contributed by atoms with van der Waals surface area (Å²) in [5.41, 5.74) is 10.2. The molecule has 3 rings (SSSR count). The fraction of sp³-hybridized carbons (Fsp3) is 0.133. The number of benzene rings is 2. The lowest BCUT2D eigenvalue weighted by atomic mass is 9.98. The quantitative estimate of drug-likeness (QED) is 0.697. The van der Waals surface area contributed by atoms with Gasteiger partial charge in [-0.2, -0.15) is 0 Å². The van der Waals surface area contributed by atoms with E-state index in [2.05, 4.69) is 0 Å². The number of nitrogens with two attached hydrogens (primary N) is 1.